The standard InChI is InChI=1S/C15H11ClINO3/c16-15(18(19)20)9-12-6-7-14(13(17)8-12)21-10-11-4-2-1-3-5-11/h1-9H,10H2/b15-9-. The van der Waals surface area contributed by atoms with E-state index in [2.05, 4.69) is 22.6 Å². The van der Waals surface area contributed by atoms with Crippen LogP contribution in [-0.2, 0) is 6.61 Å². The fourth-order valence-electron chi connectivity index (χ4n) is 1.65. The number of ether oxygens (including phenoxy) is 1. The Kier molecular flexibility index (Phi) is 5.58. The van der Waals surface area contributed by atoms with Crippen molar-refractivity contribution >= 4 is 40.3 Å². The van der Waals surface area contributed by atoms with Crippen LogP contribution in [0, 0.1) is 13.7 Å². The van der Waals surface area contributed by atoms with Gasteiger partial charge in [0.25, 0.3) is 0 Å². The highest BCUT2D eigenvalue weighted by Crippen LogP contribution is 2.24. The summed E-state index contributed by atoms with van der Waals surface area (Å²) < 4.78 is 6.60. The number of rotatable bonds is 5. The largest absolute Gasteiger partial charge is 0.488 e. The van der Waals surface area contributed by atoms with Crippen molar-refractivity contribution in [2.75, 3.05) is 0 Å². The maximum absolute atomic E-state index is 10.5. The van der Waals surface area contributed by atoms with Gasteiger partial charge in [0.15, 0.2) is 0 Å². The molecule has 0 saturated heterocycles. The van der Waals surface area contributed by atoms with Crippen LogP contribution in [0.2, 0.25) is 0 Å². The lowest BCUT2D eigenvalue weighted by molar-refractivity contribution is -0.410. The van der Waals surface area contributed by atoms with Crippen LogP contribution in [0.4, 0.5) is 0 Å². The van der Waals surface area contributed by atoms with Crippen molar-refractivity contribution in [3.63, 3.8) is 0 Å². The van der Waals surface area contributed by atoms with E-state index in [1.165, 1.54) is 6.08 Å². The Morgan fingerprint density at radius 1 is 1.29 bits per heavy atom. The number of halogens is 2. The van der Waals surface area contributed by atoms with Gasteiger partial charge in [0.2, 0.25) is 0 Å². The molecule has 0 aliphatic heterocycles. The minimum absolute atomic E-state index is 0.413. The monoisotopic (exact) mass is 415 g/mol. The van der Waals surface area contributed by atoms with Crippen LogP contribution < -0.4 is 4.74 Å². The summed E-state index contributed by atoms with van der Waals surface area (Å²) in [6.07, 6.45) is 1.31. The predicted molar refractivity (Wildman–Crippen MR) is 90.8 cm³/mol. The first-order chi connectivity index (χ1) is 10.1. The zero-order valence-corrected chi connectivity index (χ0v) is 13.7. The fraction of sp³-hybridized carbons (Fsp3) is 0.0667. The summed E-state index contributed by atoms with van der Waals surface area (Å²) in [6.45, 7) is 0.474. The number of hydrogen-bond acceptors (Lipinski definition) is 3. The average molecular weight is 416 g/mol. The van der Waals surface area contributed by atoms with Gasteiger partial charge in [0, 0.05) is 6.08 Å². The van der Waals surface area contributed by atoms with Crippen LogP contribution in [0.5, 0.6) is 5.75 Å². The number of nitro groups is 1. The van der Waals surface area contributed by atoms with Crippen molar-refractivity contribution in [1.82, 2.24) is 0 Å². The summed E-state index contributed by atoms with van der Waals surface area (Å²) in [5.41, 5.74) is 1.74. The second-order valence-corrected chi connectivity index (χ2v) is 5.74. The van der Waals surface area contributed by atoms with Crippen molar-refractivity contribution in [3.05, 3.63) is 78.5 Å². The third-order valence-electron chi connectivity index (χ3n) is 2.65. The summed E-state index contributed by atoms with van der Waals surface area (Å²) in [5.74, 6) is 0.730. The minimum atomic E-state index is -0.631. The first kappa shape index (κ1) is 15.8. The molecule has 0 atom stereocenters. The normalized spacial score (nSPS) is 11.2. The molecule has 2 rings (SSSR count). The Morgan fingerprint density at radius 2 is 2.00 bits per heavy atom. The molecule has 2 aromatic carbocycles. The molecule has 0 unspecified atom stereocenters. The Balaban J connectivity index is 2.09. The highest BCUT2D eigenvalue weighted by molar-refractivity contribution is 14.1. The Labute approximate surface area is 140 Å². The van der Waals surface area contributed by atoms with E-state index in [-0.39, 0.29) is 0 Å². The minimum Gasteiger partial charge on any atom is -0.488 e. The molecule has 0 aliphatic rings. The van der Waals surface area contributed by atoms with Crippen molar-refractivity contribution < 1.29 is 9.66 Å². The van der Waals surface area contributed by atoms with Crippen molar-refractivity contribution in [2.24, 2.45) is 0 Å². The third kappa shape index (κ3) is 4.71. The molecular formula is C15H11ClINO3. The molecule has 0 bridgehead atoms. The molecule has 108 valence electrons. The Hall–Kier alpha value is -1.60. The highest BCUT2D eigenvalue weighted by atomic mass is 127. The van der Waals surface area contributed by atoms with E-state index in [0.29, 0.717) is 12.2 Å². The number of hydrogen-bond donors (Lipinski definition) is 0. The zero-order chi connectivity index (χ0) is 15.2. The molecule has 0 heterocycles. The molecule has 0 radical (unpaired) electrons. The van der Waals surface area contributed by atoms with Crippen LogP contribution in [0.15, 0.2) is 53.7 Å². The predicted octanol–water partition coefficient (Wildman–Crippen LogP) is 4.68. The maximum atomic E-state index is 10.5. The lowest BCUT2D eigenvalue weighted by atomic mass is 10.2. The second-order valence-electron chi connectivity index (χ2n) is 4.19. The lowest BCUT2D eigenvalue weighted by Gasteiger charge is -2.08. The van der Waals surface area contributed by atoms with Crippen LogP contribution in [-0.4, -0.2) is 4.92 Å². The Morgan fingerprint density at radius 3 is 2.62 bits per heavy atom. The van der Waals surface area contributed by atoms with Gasteiger partial charge in [-0.25, -0.2) is 0 Å². The Bertz CT molecular complexity index is 674. The molecule has 4 nitrogen and oxygen atoms in total. The van der Waals surface area contributed by atoms with Crippen molar-refractivity contribution in [2.45, 2.75) is 6.61 Å². The van der Waals surface area contributed by atoms with Gasteiger partial charge < -0.3 is 4.74 Å². The summed E-state index contributed by atoms with van der Waals surface area (Å²) >= 11 is 7.64. The van der Waals surface area contributed by atoms with Crippen molar-refractivity contribution in [3.8, 4) is 5.75 Å². The van der Waals surface area contributed by atoms with Crippen LogP contribution in [0.3, 0.4) is 0 Å². The van der Waals surface area contributed by atoms with E-state index in [1.807, 2.05) is 30.3 Å². The van der Waals surface area contributed by atoms with E-state index >= 15 is 0 Å². The van der Waals surface area contributed by atoms with Gasteiger partial charge in [-0.15, -0.1) is 0 Å². The van der Waals surface area contributed by atoms with Crippen LogP contribution >= 0.6 is 34.2 Å². The quantitative estimate of drug-likeness (QED) is 0.308. The SMILES string of the molecule is O=[N+]([O-])/C(Cl)=C\c1ccc(OCc2ccccc2)c(I)c1. The molecule has 0 aliphatic carbocycles. The van der Waals surface area contributed by atoms with E-state index in [4.69, 9.17) is 16.3 Å². The molecule has 6 heteroatoms. The van der Waals surface area contributed by atoms with E-state index in [9.17, 15) is 10.1 Å². The summed E-state index contributed by atoms with van der Waals surface area (Å²) in [6, 6.07) is 15.1. The molecule has 0 saturated carbocycles. The smallest absolute Gasteiger partial charge is 0.337 e. The zero-order valence-electron chi connectivity index (χ0n) is 10.8. The van der Waals surface area contributed by atoms with E-state index in [0.717, 1.165) is 14.9 Å². The van der Waals surface area contributed by atoms with Gasteiger partial charge in [0.1, 0.15) is 12.4 Å². The first-order valence-corrected chi connectivity index (χ1v) is 7.50. The molecular weight excluding hydrogens is 405 g/mol. The highest BCUT2D eigenvalue weighted by Gasteiger charge is 2.07. The molecule has 0 N–H and O–H groups in total. The van der Waals surface area contributed by atoms with Gasteiger partial charge in [-0.1, -0.05) is 36.4 Å². The van der Waals surface area contributed by atoms with Gasteiger partial charge in [-0.05, 0) is 57.5 Å². The maximum Gasteiger partial charge on any atom is 0.337 e. The molecule has 0 aromatic heterocycles. The second kappa shape index (κ2) is 7.42. The first-order valence-electron chi connectivity index (χ1n) is 6.04. The summed E-state index contributed by atoms with van der Waals surface area (Å²) in [7, 11) is 0. The van der Waals surface area contributed by atoms with Crippen molar-refractivity contribution in [1.29, 1.82) is 0 Å². The van der Waals surface area contributed by atoms with Crippen LogP contribution in [0.25, 0.3) is 6.08 Å². The average Bonchev–Trinajstić information content (AvgIpc) is 2.47. The summed E-state index contributed by atoms with van der Waals surface area (Å²) in [5, 5.41) is 10.1. The van der Waals surface area contributed by atoms with Gasteiger partial charge in [-0.2, -0.15) is 0 Å². The molecule has 2 aromatic rings. The topological polar surface area (TPSA) is 52.4 Å². The van der Waals surface area contributed by atoms with Gasteiger partial charge in [-0.3, -0.25) is 10.1 Å². The molecule has 0 fully saturated rings. The molecule has 0 spiro atoms. The van der Waals surface area contributed by atoms with E-state index < -0.39 is 10.1 Å². The van der Waals surface area contributed by atoms with Gasteiger partial charge in [0.05, 0.1) is 8.49 Å². The molecule has 21 heavy (non-hydrogen) atoms. The fourth-order valence-corrected chi connectivity index (χ4v) is 2.47. The van der Waals surface area contributed by atoms with Crippen LogP contribution in [0.1, 0.15) is 11.1 Å². The lowest BCUT2D eigenvalue weighted by Crippen LogP contribution is -1.97. The third-order valence-corrected chi connectivity index (χ3v) is 3.74. The number of benzene rings is 2. The molecule has 0 amide bonds. The van der Waals surface area contributed by atoms with E-state index in [1.54, 1.807) is 18.2 Å². The number of nitrogens with zero attached hydrogens (tertiary/aromatic N) is 1. The van der Waals surface area contributed by atoms with Gasteiger partial charge >= 0.3 is 5.16 Å². The summed E-state index contributed by atoms with van der Waals surface area (Å²) in [4.78, 5) is 9.86.